The van der Waals surface area contributed by atoms with Crippen molar-refractivity contribution < 1.29 is 13.9 Å². The summed E-state index contributed by atoms with van der Waals surface area (Å²) in [6, 6.07) is 0.877. The number of morpholine rings is 1. The quantitative estimate of drug-likeness (QED) is 0.610. The van der Waals surface area contributed by atoms with Crippen LogP contribution in [0.15, 0.2) is 24.7 Å². The number of primary amides is 1. The predicted molar refractivity (Wildman–Crippen MR) is 101 cm³/mol. The van der Waals surface area contributed by atoms with Crippen LogP contribution in [-0.2, 0) is 4.74 Å². The maximum absolute atomic E-state index is 14.2. The normalized spacial score (nSPS) is 17.1. The van der Waals surface area contributed by atoms with Gasteiger partial charge in [0.25, 0.3) is 0 Å². The van der Waals surface area contributed by atoms with Crippen LogP contribution in [0.3, 0.4) is 0 Å². The lowest BCUT2D eigenvalue weighted by Crippen LogP contribution is -2.53. The topological polar surface area (TPSA) is 122 Å². The second kappa shape index (κ2) is 7.56. The standard InChI is InChI=1S/C17H17ClFN7O2/c18-9-3-11-12(6-23-14(11)21-4-9)15-24-7-13(19)16(25-15)22-5-10-8-28-2-1-26(10)17(20)27/h3-4,6-7,10H,1-2,5,8H2,(H2,20,27)(H,21,23)(H,22,24,25). The Morgan fingerprint density at radius 3 is 3.14 bits per heavy atom. The molecule has 1 saturated heterocycles. The van der Waals surface area contributed by atoms with Crippen LogP contribution in [0.25, 0.3) is 22.4 Å². The number of hydrogen-bond donors (Lipinski definition) is 3. The van der Waals surface area contributed by atoms with Crippen molar-refractivity contribution in [3.63, 3.8) is 0 Å². The van der Waals surface area contributed by atoms with Crippen molar-refractivity contribution in [3.05, 3.63) is 35.5 Å². The van der Waals surface area contributed by atoms with Crippen LogP contribution >= 0.6 is 11.6 Å². The number of carbonyl (C=O) groups is 1. The second-order valence-corrected chi connectivity index (χ2v) is 6.72. The number of pyridine rings is 1. The summed E-state index contributed by atoms with van der Waals surface area (Å²) in [5.74, 6) is -0.280. The summed E-state index contributed by atoms with van der Waals surface area (Å²) in [4.78, 5) is 28.6. The van der Waals surface area contributed by atoms with Gasteiger partial charge in [0.15, 0.2) is 17.5 Å². The molecule has 1 unspecified atom stereocenters. The molecule has 4 N–H and O–H groups in total. The Morgan fingerprint density at radius 2 is 2.32 bits per heavy atom. The number of anilines is 1. The SMILES string of the molecule is NC(=O)N1CCOCC1CNc1nc(-c2c[nH]c3ncc(Cl)cc23)ncc1F. The molecule has 0 radical (unpaired) electrons. The van der Waals surface area contributed by atoms with E-state index in [2.05, 4.69) is 25.3 Å². The van der Waals surface area contributed by atoms with Crippen LogP contribution < -0.4 is 11.1 Å². The van der Waals surface area contributed by atoms with Gasteiger partial charge in [-0.05, 0) is 6.07 Å². The van der Waals surface area contributed by atoms with Crippen LogP contribution in [0.5, 0.6) is 0 Å². The Labute approximate surface area is 164 Å². The highest BCUT2D eigenvalue weighted by Crippen LogP contribution is 2.28. The van der Waals surface area contributed by atoms with E-state index in [0.29, 0.717) is 41.8 Å². The molecule has 0 saturated carbocycles. The monoisotopic (exact) mass is 405 g/mol. The first-order valence-corrected chi connectivity index (χ1v) is 8.94. The maximum atomic E-state index is 14.2. The van der Waals surface area contributed by atoms with Crippen molar-refractivity contribution in [2.45, 2.75) is 6.04 Å². The third kappa shape index (κ3) is 3.56. The molecule has 0 bridgehead atoms. The zero-order chi connectivity index (χ0) is 19.7. The Hall–Kier alpha value is -2.98. The predicted octanol–water partition coefficient (Wildman–Crippen LogP) is 2.00. The van der Waals surface area contributed by atoms with E-state index in [1.165, 1.54) is 11.1 Å². The van der Waals surface area contributed by atoms with Crippen molar-refractivity contribution in [1.29, 1.82) is 0 Å². The number of nitrogens with zero attached hydrogens (tertiary/aromatic N) is 4. The van der Waals surface area contributed by atoms with E-state index in [1.807, 2.05) is 0 Å². The minimum Gasteiger partial charge on any atom is -0.377 e. The number of rotatable bonds is 4. The minimum atomic E-state index is -0.609. The van der Waals surface area contributed by atoms with Crippen molar-refractivity contribution in [2.24, 2.45) is 5.73 Å². The molecule has 1 fully saturated rings. The van der Waals surface area contributed by atoms with Gasteiger partial charge in [0.05, 0.1) is 30.5 Å². The number of amides is 2. The number of fused-ring (bicyclic) bond motifs is 1. The van der Waals surface area contributed by atoms with E-state index in [1.54, 1.807) is 12.3 Å². The number of halogens is 2. The average molecular weight is 406 g/mol. The van der Waals surface area contributed by atoms with Crippen LogP contribution in [-0.4, -0.2) is 63.2 Å². The molecule has 0 aromatic carbocycles. The van der Waals surface area contributed by atoms with Gasteiger partial charge in [0.1, 0.15) is 5.65 Å². The fraction of sp³-hybridized carbons (Fsp3) is 0.294. The van der Waals surface area contributed by atoms with Crippen LogP contribution in [0.2, 0.25) is 5.02 Å². The van der Waals surface area contributed by atoms with Gasteiger partial charge in [-0.3, -0.25) is 0 Å². The van der Waals surface area contributed by atoms with Gasteiger partial charge < -0.3 is 25.7 Å². The van der Waals surface area contributed by atoms with E-state index in [-0.39, 0.29) is 18.4 Å². The lowest BCUT2D eigenvalue weighted by atomic mass is 10.2. The van der Waals surface area contributed by atoms with Gasteiger partial charge in [-0.25, -0.2) is 24.1 Å². The lowest BCUT2D eigenvalue weighted by molar-refractivity contribution is 0.0191. The third-order valence-corrected chi connectivity index (χ3v) is 4.71. The van der Waals surface area contributed by atoms with Gasteiger partial charge in [-0.15, -0.1) is 0 Å². The summed E-state index contributed by atoms with van der Waals surface area (Å²) < 4.78 is 19.6. The van der Waals surface area contributed by atoms with Crippen LogP contribution in [0, 0.1) is 5.82 Å². The number of carbonyl (C=O) groups excluding carboxylic acids is 1. The molecule has 28 heavy (non-hydrogen) atoms. The summed E-state index contributed by atoms with van der Waals surface area (Å²) in [5.41, 5.74) is 6.66. The fourth-order valence-electron chi connectivity index (χ4n) is 3.11. The Bertz CT molecular complexity index is 1030. The lowest BCUT2D eigenvalue weighted by Gasteiger charge is -2.34. The van der Waals surface area contributed by atoms with E-state index < -0.39 is 11.8 Å². The van der Waals surface area contributed by atoms with Gasteiger partial charge in [-0.2, -0.15) is 0 Å². The number of aromatic amines is 1. The summed E-state index contributed by atoms with van der Waals surface area (Å²) in [5, 5.41) is 4.12. The molecule has 3 aromatic heterocycles. The highest BCUT2D eigenvalue weighted by Gasteiger charge is 2.26. The van der Waals surface area contributed by atoms with E-state index in [0.717, 1.165) is 11.6 Å². The van der Waals surface area contributed by atoms with Crippen LogP contribution in [0.1, 0.15) is 0 Å². The van der Waals surface area contributed by atoms with Gasteiger partial charge in [0.2, 0.25) is 0 Å². The van der Waals surface area contributed by atoms with Gasteiger partial charge in [0, 0.05) is 36.4 Å². The minimum absolute atomic E-state index is 0.0179. The molecule has 0 spiro atoms. The van der Waals surface area contributed by atoms with Crippen molar-refractivity contribution in [1.82, 2.24) is 24.8 Å². The van der Waals surface area contributed by atoms with Crippen molar-refractivity contribution in [2.75, 3.05) is 31.6 Å². The van der Waals surface area contributed by atoms with E-state index in [4.69, 9.17) is 22.1 Å². The third-order valence-electron chi connectivity index (χ3n) is 4.50. The number of ether oxygens (including phenoxy) is 1. The number of H-pyrrole nitrogens is 1. The number of urea groups is 1. The molecule has 2 amide bonds. The second-order valence-electron chi connectivity index (χ2n) is 6.28. The first-order valence-electron chi connectivity index (χ1n) is 8.56. The number of hydrogen-bond acceptors (Lipinski definition) is 6. The van der Waals surface area contributed by atoms with Crippen molar-refractivity contribution >= 4 is 34.5 Å². The molecule has 3 aromatic rings. The molecule has 0 aliphatic carbocycles. The van der Waals surface area contributed by atoms with Gasteiger partial charge in [-0.1, -0.05) is 11.6 Å². The highest BCUT2D eigenvalue weighted by molar-refractivity contribution is 6.31. The molecule has 1 aliphatic heterocycles. The summed E-state index contributed by atoms with van der Waals surface area (Å²) in [7, 11) is 0. The zero-order valence-corrected chi connectivity index (χ0v) is 15.4. The zero-order valence-electron chi connectivity index (χ0n) is 14.7. The molecular weight excluding hydrogens is 389 g/mol. The smallest absolute Gasteiger partial charge is 0.315 e. The molecule has 1 atom stereocenters. The molecule has 146 valence electrons. The largest absolute Gasteiger partial charge is 0.377 e. The van der Waals surface area contributed by atoms with Crippen molar-refractivity contribution in [3.8, 4) is 11.4 Å². The first-order chi connectivity index (χ1) is 13.5. The molecule has 1 aliphatic rings. The highest BCUT2D eigenvalue weighted by atomic mass is 35.5. The Kier molecular flexibility index (Phi) is 4.97. The summed E-state index contributed by atoms with van der Waals surface area (Å²) >= 11 is 6.02. The van der Waals surface area contributed by atoms with Crippen LogP contribution in [0.4, 0.5) is 15.0 Å². The number of nitrogens with one attached hydrogen (secondary N) is 2. The maximum Gasteiger partial charge on any atom is 0.315 e. The molecule has 11 heteroatoms. The summed E-state index contributed by atoms with van der Waals surface area (Å²) in [6.45, 7) is 1.35. The van der Waals surface area contributed by atoms with E-state index >= 15 is 0 Å². The number of nitrogens with two attached hydrogens (primary N) is 1. The molecule has 4 rings (SSSR count). The Balaban J connectivity index is 1.58. The average Bonchev–Trinajstić information content (AvgIpc) is 3.10. The first kappa shape index (κ1) is 18.4. The number of aromatic nitrogens is 4. The molecule has 9 nitrogen and oxygen atoms in total. The fourth-order valence-corrected chi connectivity index (χ4v) is 3.27. The van der Waals surface area contributed by atoms with Gasteiger partial charge >= 0.3 is 6.03 Å². The Morgan fingerprint density at radius 1 is 1.46 bits per heavy atom. The van der Waals surface area contributed by atoms with E-state index in [9.17, 15) is 9.18 Å². The summed E-state index contributed by atoms with van der Waals surface area (Å²) in [6.07, 6.45) is 4.30. The molecule has 4 heterocycles. The molecular formula is C17H17ClFN7O2.